The van der Waals surface area contributed by atoms with E-state index in [4.69, 9.17) is 4.74 Å². The van der Waals surface area contributed by atoms with Gasteiger partial charge in [0.15, 0.2) is 0 Å². The number of aromatic nitrogens is 1. The van der Waals surface area contributed by atoms with E-state index in [2.05, 4.69) is 25.8 Å². The van der Waals surface area contributed by atoms with Crippen LogP contribution in [0.3, 0.4) is 0 Å². The van der Waals surface area contributed by atoms with Crippen molar-refractivity contribution in [2.24, 2.45) is 0 Å². The zero-order chi connectivity index (χ0) is 15.6. The lowest BCUT2D eigenvalue weighted by Gasteiger charge is -2.22. The summed E-state index contributed by atoms with van der Waals surface area (Å²) in [6.45, 7) is 8.06. The number of aromatic carboxylic acids is 1. The summed E-state index contributed by atoms with van der Waals surface area (Å²) in [5, 5.41) is 9.24. The summed E-state index contributed by atoms with van der Waals surface area (Å²) in [7, 11) is 0. The minimum atomic E-state index is -1.05. The van der Waals surface area contributed by atoms with Gasteiger partial charge in [0.2, 0.25) is 0 Å². The number of nitrogens with zero attached hydrogens (tertiary/aromatic N) is 1. The molecule has 1 N–H and O–H groups in total. The third-order valence-electron chi connectivity index (χ3n) is 3.15. The number of para-hydroxylation sites is 1. The maximum Gasteiger partial charge on any atom is 0.341 e. The number of benzene rings is 1. The molecule has 1 aromatic carbocycles. The molecule has 0 atom stereocenters. The summed E-state index contributed by atoms with van der Waals surface area (Å²) < 4.78 is 5.89. The van der Waals surface area contributed by atoms with Crippen LogP contribution in [0.1, 0.15) is 42.4 Å². The standard InChI is InChI=1S/C17H19NO3/c1-11-9-15(12(10-18-11)16(19)20)21-14-8-6-5-7-13(14)17(2,3)4/h5-10H,1-4H3,(H,19,20). The fourth-order valence-corrected chi connectivity index (χ4v) is 2.07. The highest BCUT2D eigenvalue weighted by molar-refractivity contribution is 5.90. The number of aryl methyl sites for hydroxylation is 1. The zero-order valence-corrected chi connectivity index (χ0v) is 12.7. The van der Waals surface area contributed by atoms with Gasteiger partial charge in [-0.3, -0.25) is 4.98 Å². The van der Waals surface area contributed by atoms with Crippen molar-refractivity contribution in [2.75, 3.05) is 0 Å². The number of pyridine rings is 1. The van der Waals surface area contributed by atoms with Crippen molar-refractivity contribution in [3.05, 3.63) is 53.3 Å². The molecular formula is C17H19NO3. The summed E-state index contributed by atoms with van der Waals surface area (Å²) in [6.07, 6.45) is 1.33. The molecule has 0 amide bonds. The Kier molecular flexibility index (Phi) is 3.98. The van der Waals surface area contributed by atoms with Crippen molar-refractivity contribution in [1.29, 1.82) is 0 Å². The van der Waals surface area contributed by atoms with Crippen LogP contribution in [-0.4, -0.2) is 16.1 Å². The second kappa shape index (κ2) is 5.56. The number of hydrogen-bond donors (Lipinski definition) is 1. The number of ether oxygens (including phenoxy) is 1. The van der Waals surface area contributed by atoms with Crippen molar-refractivity contribution in [2.45, 2.75) is 33.1 Å². The Bertz CT molecular complexity index is 672. The molecule has 0 unspecified atom stereocenters. The molecule has 0 spiro atoms. The van der Waals surface area contributed by atoms with Crippen LogP contribution in [0.5, 0.6) is 11.5 Å². The quantitative estimate of drug-likeness (QED) is 0.919. The normalized spacial score (nSPS) is 11.2. The predicted octanol–water partition coefficient (Wildman–Crippen LogP) is 4.18. The van der Waals surface area contributed by atoms with Gasteiger partial charge in [-0.15, -0.1) is 0 Å². The molecule has 0 aliphatic carbocycles. The molecule has 0 saturated heterocycles. The van der Waals surface area contributed by atoms with Crippen LogP contribution in [0, 0.1) is 6.92 Å². The molecule has 4 heteroatoms. The minimum absolute atomic E-state index is 0.0595. The topological polar surface area (TPSA) is 59.4 Å². The van der Waals surface area contributed by atoms with Crippen LogP contribution in [0.4, 0.5) is 0 Å². The highest BCUT2D eigenvalue weighted by Crippen LogP contribution is 2.35. The van der Waals surface area contributed by atoms with Crippen molar-refractivity contribution in [1.82, 2.24) is 4.98 Å². The van der Waals surface area contributed by atoms with E-state index in [9.17, 15) is 9.90 Å². The first-order valence-electron chi connectivity index (χ1n) is 6.76. The Hall–Kier alpha value is -2.36. The maximum absolute atomic E-state index is 11.3. The third kappa shape index (κ3) is 3.40. The largest absolute Gasteiger partial charge is 0.477 e. The molecule has 2 rings (SSSR count). The van der Waals surface area contributed by atoms with Crippen LogP contribution in [0.25, 0.3) is 0 Å². The SMILES string of the molecule is Cc1cc(Oc2ccccc2C(C)(C)C)c(C(=O)O)cn1. The second-order valence-electron chi connectivity index (χ2n) is 5.98. The zero-order valence-electron chi connectivity index (χ0n) is 12.7. The molecule has 1 aromatic heterocycles. The molecule has 110 valence electrons. The van der Waals surface area contributed by atoms with Crippen LogP contribution in [0.15, 0.2) is 36.5 Å². The van der Waals surface area contributed by atoms with Gasteiger partial charge < -0.3 is 9.84 Å². The molecule has 0 radical (unpaired) electrons. The first kappa shape index (κ1) is 15.0. The average Bonchev–Trinajstić information content (AvgIpc) is 2.37. The fraction of sp³-hybridized carbons (Fsp3) is 0.294. The predicted molar refractivity (Wildman–Crippen MR) is 81.1 cm³/mol. The Morgan fingerprint density at radius 3 is 2.48 bits per heavy atom. The molecular weight excluding hydrogens is 266 g/mol. The van der Waals surface area contributed by atoms with E-state index >= 15 is 0 Å². The van der Waals surface area contributed by atoms with Crippen LogP contribution >= 0.6 is 0 Å². The molecule has 0 aliphatic heterocycles. The third-order valence-corrected chi connectivity index (χ3v) is 3.15. The van der Waals surface area contributed by atoms with Gasteiger partial charge in [0.05, 0.1) is 0 Å². The van der Waals surface area contributed by atoms with E-state index in [1.165, 1.54) is 6.20 Å². The summed E-state index contributed by atoms with van der Waals surface area (Å²) in [5.74, 6) is -0.0736. The molecule has 0 aliphatic rings. The van der Waals surface area contributed by atoms with Gasteiger partial charge in [0, 0.05) is 23.5 Å². The molecule has 1 heterocycles. The lowest BCUT2D eigenvalue weighted by molar-refractivity contribution is 0.0693. The van der Waals surface area contributed by atoms with Gasteiger partial charge >= 0.3 is 5.97 Å². The number of carboxylic acids is 1. The molecule has 21 heavy (non-hydrogen) atoms. The highest BCUT2D eigenvalue weighted by atomic mass is 16.5. The van der Waals surface area contributed by atoms with E-state index in [-0.39, 0.29) is 11.0 Å². The van der Waals surface area contributed by atoms with Gasteiger partial charge in [-0.1, -0.05) is 39.0 Å². The van der Waals surface area contributed by atoms with E-state index in [1.807, 2.05) is 24.3 Å². The van der Waals surface area contributed by atoms with Crippen LogP contribution < -0.4 is 4.74 Å². The first-order valence-corrected chi connectivity index (χ1v) is 6.76. The lowest BCUT2D eigenvalue weighted by atomic mass is 9.86. The van der Waals surface area contributed by atoms with Crippen LogP contribution in [-0.2, 0) is 5.41 Å². The molecule has 0 bridgehead atoms. The Morgan fingerprint density at radius 1 is 1.19 bits per heavy atom. The molecule has 0 fully saturated rings. The molecule has 4 nitrogen and oxygen atoms in total. The smallest absolute Gasteiger partial charge is 0.341 e. The van der Waals surface area contributed by atoms with Gasteiger partial charge in [-0.25, -0.2) is 4.79 Å². The summed E-state index contributed by atoms with van der Waals surface area (Å²) in [6, 6.07) is 9.30. The average molecular weight is 285 g/mol. The highest BCUT2D eigenvalue weighted by Gasteiger charge is 2.20. The van der Waals surface area contributed by atoms with E-state index in [0.29, 0.717) is 17.2 Å². The van der Waals surface area contributed by atoms with Crippen LogP contribution in [0.2, 0.25) is 0 Å². The molecule has 2 aromatic rings. The van der Waals surface area contributed by atoms with Gasteiger partial charge in [0.25, 0.3) is 0 Å². The Balaban J connectivity index is 2.49. The number of rotatable bonds is 3. The summed E-state index contributed by atoms with van der Waals surface area (Å²) >= 11 is 0. The van der Waals surface area contributed by atoms with E-state index < -0.39 is 5.97 Å². The monoisotopic (exact) mass is 285 g/mol. The Morgan fingerprint density at radius 2 is 1.86 bits per heavy atom. The summed E-state index contributed by atoms with van der Waals surface area (Å²) in [5.41, 5.74) is 1.70. The van der Waals surface area contributed by atoms with Crippen molar-refractivity contribution < 1.29 is 14.6 Å². The molecule has 0 saturated carbocycles. The minimum Gasteiger partial charge on any atom is -0.477 e. The second-order valence-corrected chi connectivity index (χ2v) is 5.98. The van der Waals surface area contributed by atoms with Crippen molar-refractivity contribution in [3.63, 3.8) is 0 Å². The van der Waals surface area contributed by atoms with Gasteiger partial charge in [0.1, 0.15) is 17.1 Å². The van der Waals surface area contributed by atoms with Gasteiger partial charge in [-0.2, -0.15) is 0 Å². The Labute approximate surface area is 124 Å². The van der Waals surface area contributed by atoms with Crippen molar-refractivity contribution >= 4 is 5.97 Å². The lowest BCUT2D eigenvalue weighted by Crippen LogP contribution is -2.12. The maximum atomic E-state index is 11.3. The summed E-state index contributed by atoms with van der Waals surface area (Å²) in [4.78, 5) is 15.3. The fourth-order valence-electron chi connectivity index (χ4n) is 2.07. The van der Waals surface area contributed by atoms with E-state index in [1.54, 1.807) is 13.0 Å². The number of carboxylic acid groups (broad SMARTS) is 1. The first-order chi connectivity index (χ1) is 9.79. The van der Waals surface area contributed by atoms with E-state index in [0.717, 1.165) is 5.56 Å². The number of hydrogen-bond acceptors (Lipinski definition) is 3. The van der Waals surface area contributed by atoms with Gasteiger partial charge in [-0.05, 0) is 18.4 Å². The van der Waals surface area contributed by atoms with Crippen molar-refractivity contribution in [3.8, 4) is 11.5 Å². The number of carbonyl (C=O) groups is 1.